The lowest BCUT2D eigenvalue weighted by molar-refractivity contribution is -0.136. The number of carbonyl (C=O) groups is 1. The summed E-state index contributed by atoms with van der Waals surface area (Å²) in [5.74, 6) is 1.83. The Balaban J connectivity index is 1.20. The quantitative estimate of drug-likeness (QED) is 0.578. The fourth-order valence-electron chi connectivity index (χ4n) is 5.33. The summed E-state index contributed by atoms with van der Waals surface area (Å²) in [6.07, 6.45) is 1.92. The lowest BCUT2D eigenvalue weighted by Gasteiger charge is -2.40. The van der Waals surface area contributed by atoms with E-state index in [0.29, 0.717) is 12.4 Å². The molecule has 2 aliphatic rings. The molecule has 184 valence electrons. The maximum Gasteiger partial charge on any atom is 0.227 e. The van der Waals surface area contributed by atoms with E-state index in [9.17, 15) is 4.79 Å². The minimum absolute atomic E-state index is 0.00786. The predicted octanol–water partition coefficient (Wildman–Crippen LogP) is 3.46. The van der Waals surface area contributed by atoms with Crippen molar-refractivity contribution in [3.8, 4) is 5.82 Å². The number of carbonyl (C=O) groups excluding carboxylic acids is 1. The van der Waals surface area contributed by atoms with E-state index < -0.39 is 0 Å². The zero-order chi connectivity index (χ0) is 24.5. The summed E-state index contributed by atoms with van der Waals surface area (Å²) in [6, 6.07) is 12.6. The first-order valence-corrected chi connectivity index (χ1v) is 12.6. The standard InChI is InChI=1S/C27H35N7O/c1-19-7-8-20(2)24(16-19)31-12-14-32(15-13-31)27(35)23-6-5-11-33(18-23)25-9-10-26(29-28-25)34-22(4)17-21(3)30-34/h7-10,16-17,23H,5-6,11-15,18H2,1-4H3. The summed E-state index contributed by atoms with van der Waals surface area (Å²) in [5, 5.41) is 13.4. The molecule has 4 heterocycles. The summed E-state index contributed by atoms with van der Waals surface area (Å²) in [5.41, 5.74) is 5.86. The second kappa shape index (κ2) is 9.68. The second-order valence-electron chi connectivity index (χ2n) is 9.98. The smallest absolute Gasteiger partial charge is 0.227 e. The van der Waals surface area contributed by atoms with Crippen molar-refractivity contribution in [2.75, 3.05) is 49.1 Å². The van der Waals surface area contributed by atoms with E-state index in [-0.39, 0.29) is 11.8 Å². The van der Waals surface area contributed by atoms with Gasteiger partial charge >= 0.3 is 0 Å². The minimum Gasteiger partial charge on any atom is -0.368 e. The van der Waals surface area contributed by atoms with E-state index in [0.717, 1.165) is 62.8 Å². The van der Waals surface area contributed by atoms with Gasteiger partial charge in [-0.1, -0.05) is 12.1 Å². The van der Waals surface area contributed by atoms with Crippen LogP contribution in [-0.2, 0) is 4.79 Å². The van der Waals surface area contributed by atoms with Gasteiger partial charge in [-0.3, -0.25) is 4.79 Å². The number of rotatable bonds is 4. The Labute approximate surface area is 207 Å². The average molecular weight is 474 g/mol. The molecule has 8 nitrogen and oxygen atoms in total. The molecule has 2 aromatic heterocycles. The molecule has 1 unspecified atom stereocenters. The van der Waals surface area contributed by atoms with Gasteiger partial charge in [0.25, 0.3) is 0 Å². The van der Waals surface area contributed by atoms with Crippen LogP contribution >= 0.6 is 0 Å². The maximum atomic E-state index is 13.4. The van der Waals surface area contributed by atoms with Crippen LogP contribution in [0.2, 0.25) is 0 Å². The van der Waals surface area contributed by atoms with Gasteiger partial charge in [0.1, 0.15) is 0 Å². The van der Waals surface area contributed by atoms with Crippen molar-refractivity contribution in [2.24, 2.45) is 5.92 Å². The Morgan fingerprint density at radius 2 is 1.60 bits per heavy atom. The first-order valence-electron chi connectivity index (χ1n) is 12.6. The Morgan fingerprint density at radius 3 is 2.29 bits per heavy atom. The monoisotopic (exact) mass is 473 g/mol. The van der Waals surface area contributed by atoms with Gasteiger partial charge in [-0.2, -0.15) is 5.10 Å². The highest BCUT2D eigenvalue weighted by atomic mass is 16.2. The molecule has 5 rings (SSSR count). The topological polar surface area (TPSA) is 70.4 Å². The van der Waals surface area contributed by atoms with Crippen molar-refractivity contribution in [3.05, 3.63) is 58.9 Å². The molecule has 3 aromatic rings. The van der Waals surface area contributed by atoms with Gasteiger partial charge < -0.3 is 14.7 Å². The van der Waals surface area contributed by atoms with E-state index in [1.54, 1.807) is 0 Å². The maximum absolute atomic E-state index is 13.4. The molecule has 2 aliphatic heterocycles. The number of aryl methyl sites for hydroxylation is 4. The summed E-state index contributed by atoms with van der Waals surface area (Å²) in [7, 11) is 0. The highest BCUT2D eigenvalue weighted by molar-refractivity contribution is 5.80. The predicted molar refractivity (Wildman–Crippen MR) is 138 cm³/mol. The summed E-state index contributed by atoms with van der Waals surface area (Å²) < 4.78 is 1.81. The van der Waals surface area contributed by atoms with Crippen LogP contribution in [0.5, 0.6) is 0 Å². The highest BCUT2D eigenvalue weighted by Gasteiger charge is 2.32. The first-order chi connectivity index (χ1) is 16.9. The van der Waals surface area contributed by atoms with Crippen LogP contribution < -0.4 is 9.80 Å². The van der Waals surface area contributed by atoms with E-state index in [4.69, 9.17) is 0 Å². The van der Waals surface area contributed by atoms with Crippen molar-refractivity contribution in [1.82, 2.24) is 24.9 Å². The summed E-state index contributed by atoms with van der Waals surface area (Å²) in [6.45, 7) is 13.2. The van der Waals surface area contributed by atoms with Crippen molar-refractivity contribution >= 4 is 17.4 Å². The zero-order valence-corrected chi connectivity index (χ0v) is 21.2. The van der Waals surface area contributed by atoms with Crippen LogP contribution in [0.25, 0.3) is 5.82 Å². The van der Waals surface area contributed by atoms with E-state index in [1.807, 2.05) is 36.7 Å². The SMILES string of the molecule is Cc1ccc(C)c(N2CCN(C(=O)C3CCCN(c4ccc(-n5nc(C)cc5C)nn4)C3)CC2)c1. The van der Waals surface area contributed by atoms with E-state index in [2.05, 4.69) is 62.0 Å². The van der Waals surface area contributed by atoms with Crippen LogP contribution in [0.4, 0.5) is 11.5 Å². The number of anilines is 2. The summed E-state index contributed by atoms with van der Waals surface area (Å²) in [4.78, 5) is 20.1. The van der Waals surface area contributed by atoms with Gasteiger partial charge in [-0.25, -0.2) is 4.68 Å². The van der Waals surface area contributed by atoms with Gasteiger partial charge in [0, 0.05) is 50.6 Å². The Hall–Kier alpha value is -3.42. The summed E-state index contributed by atoms with van der Waals surface area (Å²) >= 11 is 0. The molecule has 0 N–H and O–H groups in total. The number of benzene rings is 1. The highest BCUT2D eigenvalue weighted by Crippen LogP contribution is 2.26. The molecule has 35 heavy (non-hydrogen) atoms. The molecule has 2 saturated heterocycles. The normalized spacial score (nSPS) is 18.7. The lowest BCUT2D eigenvalue weighted by Crippen LogP contribution is -2.52. The largest absolute Gasteiger partial charge is 0.368 e. The molecule has 8 heteroatoms. The molecule has 0 bridgehead atoms. The van der Waals surface area contributed by atoms with Crippen LogP contribution in [0, 0.1) is 33.6 Å². The Morgan fingerprint density at radius 1 is 0.857 bits per heavy atom. The molecule has 0 spiro atoms. The van der Waals surface area contributed by atoms with Crippen LogP contribution in [0.15, 0.2) is 36.4 Å². The second-order valence-corrected chi connectivity index (χ2v) is 9.98. The number of aromatic nitrogens is 4. The molecule has 1 atom stereocenters. The number of piperidine rings is 1. The Kier molecular flexibility index (Phi) is 6.45. The number of nitrogens with zero attached hydrogens (tertiary/aromatic N) is 7. The number of piperazine rings is 1. The molecule has 2 fully saturated rings. The molecule has 1 amide bonds. The van der Waals surface area contributed by atoms with E-state index >= 15 is 0 Å². The fourth-order valence-corrected chi connectivity index (χ4v) is 5.33. The van der Waals surface area contributed by atoms with Crippen LogP contribution in [-0.4, -0.2) is 70.1 Å². The molecule has 0 aliphatic carbocycles. The molecule has 0 radical (unpaired) electrons. The zero-order valence-electron chi connectivity index (χ0n) is 21.2. The number of hydrogen-bond donors (Lipinski definition) is 0. The number of amides is 1. The third-order valence-electron chi connectivity index (χ3n) is 7.25. The van der Waals surface area contributed by atoms with Gasteiger partial charge in [0.15, 0.2) is 11.6 Å². The van der Waals surface area contributed by atoms with Crippen LogP contribution in [0.1, 0.15) is 35.4 Å². The third kappa shape index (κ3) is 4.88. The van der Waals surface area contributed by atoms with Crippen molar-refractivity contribution in [1.29, 1.82) is 0 Å². The fraction of sp³-hybridized carbons (Fsp3) is 0.481. The van der Waals surface area contributed by atoms with E-state index in [1.165, 1.54) is 16.8 Å². The molecular weight excluding hydrogens is 438 g/mol. The number of hydrogen-bond acceptors (Lipinski definition) is 6. The van der Waals surface area contributed by atoms with Crippen molar-refractivity contribution in [2.45, 2.75) is 40.5 Å². The molecular formula is C27H35N7O. The third-order valence-corrected chi connectivity index (χ3v) is 7.25. The average Bonchev–Trinajstić information content (AvgIpc) is 3.23. The van der Waals surface area contributed by atoms with Gasteiger partial charge in [-0.05, 0) is 75.9 Å². The Bertz CT molecular complexity index is 1190. The van der Waals surface area contributed by atoms with Gasteiger partial charge in [-0.15, -0.1) is 10.2 Å². The van der Waals surface area contributed by atoms with Crippen molar-refractivity contribution in [3.63, 3.8) is 0 Å². The molecule has 1 aromatic carbocycles. The van der Waals surface area contributed by atoms with Gasteiger partial charge in [0.05, 0.1) is 11.6 Å². The van der Waals surface area contributed by atoms with Gasteiger partial charge in [0.2, 0.25) is 5.91 Å². The first kappa shape index (κ1) is 23.3. The van der Waals surface area contributed by atoms with Crippen molar-refractivity contribution < 1.29 is 4.79 Å². The van der Waals surface area contributed by atoms with Crippen LogP contribution in [0.3, 0.4) is 0 Å². The minimum atomic E-state index is 0.00786. The lowest BCUT2D eigenvalue weighted by atomic mass is 9.96. The molecule has 0 saturated carbocycles.